The number of nitrogens with one attached hydrogen (secondary N) is 1. The van der Waals surface area contributed by atoms with Crippen molar-refractivity contribution in [2.45, 2.75) is 25.7 Å². The van der Waals surface area contributed by atoms with Crippen molar-refractivity contribution in [2.24, 2.45) is 0 Å². The first-order valence-electron chi connectivity index (χ1n) is 9.24. The molecule has 0 aliphatic rings. The molecule has 26 heavy (non-hydrogen) atoms. The molecule has 0 aliphatic carbocycles. The molecular formula is C23H28N2O. The van der Waals surface area contributed by atoms with Gasteiger partial charge in [-0.05, 0) is 24.2 Å². The maximum atomic E-state index is 13.4. The maximum Gasteiger partial charge on any atom is 0.236 e. The standard InChI is InChI=1S/C23H28N2O/c1-4-17-23(20-13-9-7-10-14-20,21-15-11-8-12-16-21)22(26)24-18-19-25(5-2)6-3/h1,7-16H,5-6,17-19H2,2-3H3,(H,24,26). The van der Waals surface area contributed by atoms with Gasteiger partial charge in [0, 0.05) is 19.5 Å². The topological polar surface area (TPSA) is 32.3 Å². The molecule has 0 aliphatic heterocycles. The zero-order valence-electron chi connectivity index (χ0n) is 15.7. The zero-order valence-corrected chi connectivity index (χ0v) is 15.7. The quantitative estimate of drug-likeness (QED) is 0.704. The Hall–Kier alpha value is -2.57. The summed E-state index contributed by atoms with van der Waals surface area (Å²) in [6, 6.07) is 19.6. The smallest absolute Gasteiger partial charge is 0.236 e. The molecule has 0 radical (unpaired) electrons. The third kappa shape index (κ3) is 4.33. The number of carbonyl (C=O) groups excluding carboxylic acids is 1. The number of carbonyl (C=O) groups is 1. The summed E-state index contributed by atoms with van der Waals surface area (Å²) in [6.07, 6.45) is 6.03. The fraction of sp³-hybridized carbons (Fsp3) is 0.348. The zero-order chi connectivity index (χ0) is 18.8. The molecule has 0 spiro atoms. The summed E-state index contributed by atoms with van der Waals surface area (Å²) in [4.78, 5) is 15.7. The van der Waals surface area contributed by atoms with Gasteiger partial charge in [-0.25, -0.2) is 0 Å². The van der Waals surface area contributed by atoms with Crippen LogP contribution >= 0.6 is 0 Å². The van der Waals surface area contributed by atoms with Crippen LogP contribution in [0.4, 0.5) is 0 Å². The second-order valence-corrected chi connectivity index (χ2v) is 6.30. The molecule has 0 saturated carbocycles. The number of likely N-dealkylation sites (N-methyl/N-ethyl adjacent to an activating group) is 1. The van der Waals surface area contributed by atoms with Crippen molar-refractivity contribution in [3.8, 4) is 12.3 Å². The van der Waals surface area contributed by atoms with E-state index in [2.05, 4.69) is 30.0 Å². The van der Waals surface area contributed by atoms with Gasteiger partial charge >= 0.3 is 0 Å². The van der Waals surface area contributed by atoms with Gasteiger partial charge in [0.15, 0.2) is 0 Å². The van der Waals surface area contributed by atoms with Gasteiger partial charge in [-0.1, -0.05) is 74.5 Å². The van der Waals surface area contributed by atoms with Gasteiger partial charge in [-0.2, -0.15) is 0 Å². The average Bonchev–Trinajstić information content (AvgIpc) is 2.70. The summed E-state index contributed by atoms with van der Waals surface area (Å²) in [6.45, 7) is 7.63. The third-order valence-corrected chi connectivity index (χ3v) is 4.90. The van der Waals surface area contributed by atoms with Gasteiger partial charge in [0.1, 0.15) is 5.41 Å². The van der Waals surface area contributed by atoms with E-state index < -0.39 is 5.41 Å². The van der Waals surface area contributed by atoms with Crippen molar-refractivity contribution in [3.05, 3.63) is 71.8 Å². The predicted octanol–water partition coefficient (Wildman–Crippen LogP) is 3.45. The Morgan fingerprint density at radius 3 is 1.92 bits per heavy atom. The summed E-state index contributed by atoms with van der Waals surface area (Å²) >= 11 is 0. The average molecular weight is 348 g/mol. The number of amides is 1. The van der Waals surface area contributed by atoms with E-state index in [0.29, 0.717) is 13.0 Å². The van der Waals surface area contributed by atoms with Crippen LogP contribution in [0, 0.1) is 12.3 Å². The Labute approximate surface area is 157 Å². The van der Waals surface area contributed by atoms with Gasteiger partial charge in [-0.15, -0.1) is 12.3 Å². The Kier molecular flexibility index (Phi) is 7.44. The number of hydrogen-bond acceptors (Lipinski definition) is 2. The lowest BCUT2D eigenvalue weighted by Gasteiger charge is -2.32. The van der Waals surface area contributed by atoms with Gasteiger partial charge in [0.05, 0.1) is 0 Å². The van der Waals surface area contributed by atoms with E-state index in [1.165, 1.54) is 0 Å². The Morgan fingerprint density at radius 1 is 1.00 bits per heavy atom. The number of nitrogens with zero attached hydrogens (tertiary/aromatic N) is 1. The number of rotatable bonds is 9. The summed E-state index contributed by atoms with van der Waals surface area (Å²) in [5.74, 6) is 2.70. The minimum absolute atomic E-state index is 0.0417. The molecule has 1 amide bonds. The van der Waals surface area contributed by atoms with Gasteiger partial charge < -0.3 is 10.2 Å². The van der Waals surface area contributed by atoms with E-state index in [9.17, 15) is 4.79 Å². The van der Waals surface area contributed by atoms with Gasteiger partial charge in [0.25, 0.3) is 0 Å². The minimum atomic E-state index is -0.874. The van der Waals surface area contributed by atoms with Crippen molar-refractivity contribution in [3.63, 3.8) is 0 Å². The second kappa shape index (κ2) is 9.79. The van der Waals surface area contributed by atoms with Crippen LogP contribution in [-0.4, -0.2) is 37.0 Å². The Bertz CT molecular complexity index is 675. The lowest BCUT2D eigenvalue weighted by molar-refractivity contribution is -0.125. The molecule has 2 aromatic rings. The van der Waals surface area contributed by atoms with Crippen LogP contribution in [0.3, 0.4) is 0 Å². The molecule has 0 atom stereocenters. The van der Waals surface area contributed by atoms with E-state index in [1.54, 1.807) is 0 Å². The first-order valence-corrected chi connectivity index (χ1v) is 9.24. The van der Waals surface area contributed by atoms with Crippen molar-refractivity contribution in [2.75, 3.05) is 26.2 Å². The maximum absolute atomic E-state index is 13.4. The first kappa shape index (κ1) is 19.8. The van der Waals surface area contributed by atoms with Crippen molar-refractivity contribution in [1.82, 2.24) is 10.2 Å². The lowest BCUT2D eigenvalue weighted by Crippen LogP contribution is -2.47. The number of hydrogen-bond donors (Lipinski definition) is 1. The molecule has 0 heterocycles. The number of terminal acetylenes is 1. The fourth-order valence-electron chi connectivity index (χ4n) is 3.33. The van der Waals surface area contributed by atoms with Crippen LogP contribution in [0.5, 0.6) is 0 Å². The van der Waals surface area contributed by atoms with Crippen LogP contribution in [0.15, 0.2) is 60.7 Å². The molecule has 0 aromatic heterocycles. The SMILES string of the molecule is C#CCC(C(=O)NCCN(CC)CC)(c1ccccc1)c1ccccc1. The molecule has 0 saturated heterocycles. The van der Waals surface area contributed by atoms with E-state index in [0.717, 1.165) is 30.8 Å². The highest BCUT2D eigenvalue weighted by molar-refractivity contribution is 5.92. The molecule has 1 N–H and O–H groups in total. The monoisotopic (exact) mass is 348 g/mol. The van der Waals surface area contributed by atoms with Gasteiger partial charge in [-0.3, -0.25) is 4.79 Å². The van der Waals surface area contributed by atoms with E-state index in [4.69, 9.17) is 6.42 Å². The summed E-state index contributed by atoms with van der Waals surface area (Å²) < 4.78 is 0. The highest BCUT2D eigenvalue weighted by Gasteiger charge is 2.41. The van der Waals surface area contributed by atoms with Gasteiger partial charge in [0.2, 0.25) is 5.91 Å². The first-order chi connectivity index (χ1) is 12.7. The molecule has 2 aromatic carbocycles. The highest BCUT2D eigenvalue weighted by atomic mass is 16.2. The van der Waals surface area contributed by atoms with Crippen molar-refractivity contribution in [1.29, 1.82) is 0 Å². The Morgan fingerprint density at radius 2 is 1.50 bits per heavy atom. The summed E-state index contributed by atoms with van der Waals surface area (Å²) in [7, 11) is 0. The van der Waals surface area contributed by atoms with E-state index >= 15 is 0 Å². The highest BCUT2D eigenvalue weighted by Crippen LogP contribution is 2.35. The molecule has 3 nitrogen and oxygen atoms in total. The minimum Gasteiger partial charge on any atom is -0.354 e. The van der Waals surface area contributed by atoms with Crippen molar-refractivity contribution < 1.29 is 4.79 Å². The van der Waals surface area contributed by atoms with Crippen LogP contribution in [0.25, 0.3) is 0 Å². The molecular weight excluding hydrogens is 320 g/mol. The summed E-state index contributed by atoms with van der Waals surface area (Å²) in [5, 5.41) is 3.13. The van der Waals surface area contributed by atoms with Crippen LogP contribution in [-0.2, 0) is 10.2 Å². The molecule has 136 valence electrons. The molecule has 0 fully saturated rings. The van der Waals surface area contributed by atoms with Crippen LogP contribution < -0.4 is 5.32 Å². The van der Waals surface area contributed by atoms with E-state index in [-0.39, 0.29) is 5.91 Å². The molecule has 2 rings (SSSR count). The van der Waals surface area contributed by atoms with Crippen LogP contribution in [0.2, 0.25) is 0 Å². The summed E-state index contributed by atoms with van der Waals surface area (Å²) in [5.41, 5.74) is 0.967. The second-order valence-electron chi connectivity index (χ2n) is 6.30. The third-order valence-electron chi connectivity index (χ3n) is 4.90. The van der Waals surface area contributed by atoms with Crippen LogP contribution in [0.1, 0.15) is 31.4 Å². The normalized spacial score (nSPS) is 11.2. The lowest BCUT2D eigenvalue weighted by atomic mass is 9.71. The fourth-order valence-corrected chi connectivity index (χ4v) is 3.33. The number of benzene rings is 2. The molecule has 0 bridgehead atoms. The predicted molar refractivity (Wildman–Crippen MR) is 108 cm³/mol. The Balaban J connectivity index is 2.37. The largest absolute Gasteiger partial charge is 0.354 e. The van der Waals surface area contributed by atoms with Crippen molar-refractivity contribution >= 4 is 5.91 Å². The van der Waals surface area contributed by atoms with E-state index in [1.807, 2.05) is 60.7 Å². The molecule has 3 heteroatoms. The molecule has 0 unspecified atom stereocenters.